The van der Waals surface area contributed by atoms with Gasteiger partial charge in [-0.15, -0.1) is 10.6 Å². The third kappa shape index (κ3) is 2.61. The second-order valence-corrected chi connectivity index (χ2v) is 3.40. The smallest absolute Gasteiger partial charge is 0.338 e. The Kier molecular flexibility index (Phi) is 4.51. The van der Waals surface area contributed by atoms with E-state index >= 15 is 0 Å². The molecule has 0 atom stereocenters. The number of hydrazine groups is 2. The highest BCUT2D eigenvalue weighted by molar-refractivity contribution is 5.84. The van der Waals surface area contributed by atoms with Gasteiger partial charge in [0.25, 0.3) is 0 Å². The fourth-order valence-corrected chi connectivity index (χ4v) is 1.49. The summed E-state index contributed by atoms with van der Waals surface area (Å²) in [5.74, 6) is 0.243. The lowest BCUT2D eigenvalue weighted by molar-refractivity contribution is -0.168. The number of nitrogens with one attached hydrogen (secondary N) is 3. The van der Waals surface area contributed by atoms with Crippen molar-refractivity contribution >= 4 is 11.8 Å². The van der Waals surface area contributed by atoms with Crippen molar-refractivity contribution in [3.05, 3.63) is 0 Å². The number of ether oxygens (including phenoxy) is 2. The minimum absolute atomic E-state index is 0.219. The number of carbonyl (C=O) groups is 1. The first-order valence-electron chi connectivity index (χ1n) is 5.23. The number of carbonyl (C=O) groups excluding carboxylic acids is 1. The number of hydrazone groups is 1. The van der Waals surface area contributed by atoms with Crippen LogP contribution in [0.15, 0.2) is 5.10 Å². The van der Waals surface area contributed by atoms with E-state index < -0.39 is 5.60 Å². The summed E-state index contributed by atoms with van der Waals surface area (Å²) in [6.07, 6.45) is 1.12. The zero-order chi connectivity index (χ0) is 12.0. The predicted octanol–water partition coefficient (Wildman–Crippen LogP) is -0.339. The third-order valence-corrected chi connectivity index (χ3v) is 2.64. The number of esters is 1. The lowest BCUT2D eigenvalue weighted by Crippen LogP contribution is -2.44. The maximum absolute atomic E-state index is 11.7. The van der Waals surface area contributed by atoms with Crippen molar-refractivity contribution in [1.29, 1.82) is 0 Å². The van der Waals surface area contributed by atoms with E-state index in [1.807, 2.05) is 13.8 Å². The molecule has 7 nitrogen and oxygen atoms in total. The summed E-state index contributed by atoms with van der Waals surface area (Å²) in [7, 11) is 1.36. The topological polar surface area (TPSA) is 84.0 Å². The van der Waals surface area contributed by atoms with Gasteiger partial charge < -0.3 is 9.47 Å². The average Bonchev–Trinajstić information content (AvgIpc) is 2.83. The molecule has 7 heteroatoms. The zero-order valence-electron chi connectivity index (χ0n) is 9.79. The number of hydrogen-bond acceptors (Lipinski definition) is 7. The van der Waals surface area contributed by atoms with Crippen molar-refractivity contribution < 1.29 is 14.3 Å². The van der Waals surface area contributed by atoms with Gasteiger partial charge in [0.05, 0.1) is 7.11 Å². The number of methoxy groups -OCH3 is 1. The van der Waals surface area contributed by atoms with Crippen LogP contribution in [0, 0.1) is 0 Å². The minimum Gasteiger partial charge on any atom is -0.467 e. The first-order chi connectivity index (χ1) is 7.68. The van der Waals surface area contributed by atoms with Crippen LogP contribution in [0.2, 0.25) is 0 Å². The van der Waals surface area contributed by atoms with Crippen LogP contribution in [0.4, 0.5) is 0 Å². The van der Waals surface area contributed by atoms with Crippen LogP contribution in [0.3, 0.4) is 0 Å². The van der Waals surface area contributed by atoms with E-state index in [1.54, 1.807) is 0 Å². The van der Waals surface area contributed by atoms with Crippen LogP contribution in [0.5, 0.6) is 0 Å². The molecule has 16 heavy (non-hydrogen) atoms. The van der Waals surface area contributed by atoms with Crippen LogP contribution in [0.1, 0.15) is 26.7 Å². The molecule has 0 amide bonds. The van der Waals surface area contributed by atoms with Crippen molar-refractivity contribution in [2.45, 2.75) is 32.3 Å². The summed E-state index contributed by atoms with van der Waals surface area (Å²) in [4.78, 5) is 11.7. The fraction of sp³-hybridized carbons (Fsp3) is 0.778. The molecule has 0 aliphatic carbocycles. The Balaban J connectivity index is 2.59. The van der Waals surface area contributed by atoms with E-state index in [0.29, 0.717) is 18.7 Å². The summed E-state index contributed by atoms with van der Waals surface area (Å²) >= 11 is 0. The van der Waals surface area contributed by atoms with Crippen LogP contribution in [0.25, 0.3) is 0 Å². The summed E-state index contributed by atoms with van der Waals surface area (Å²) in [6.45, 7) is 4.00. The van der Waals surface area contributed by atoms with E-state index in [-0.39, 0.29) is 12.6 Å². The monoisotopic (exact) mass is 230 g/mol. The van der Waals surface area contributed by atoms with Crippen LogP contribution < -0.4 is 16.5 Å². The normalized spacial score (nSPS) is 15.1. The summed E-state index contributed by atoms with van der Waals surface area (Å²) in [5, 5.41) is 3.86. The average molecular weight is 230 g/mol. The predicted molar refractivity (Wildman–Crippen MR) is 58.1 cm³/mol. The molecule has 0 aromatic heterocycles. The van der Waals surface area contributed by atoms with E-state index in [1.165, 1.54) is 7.11 Å². The Morgan fingerprint density at radius 2 is 2.12 bits per heavy atom. The van der Waals surface area contributed by atoms with E-state index in [2.05, 4.69) is 21.6 Å². The molecule has 1 rings (SSSR count). The molecule has 1 aliphatic rings. The number of rotatable bonds is 6. The maximum atomic E-state index is 11.7. The Hall–Kier alpha value is -1.34. The quantitative estimate of drug-likeness (QED) is 0.541. The lowest BCUT2D eigenvalue weighted by atomic mass is 9.97. The number of amidine groups is 1. The Morgan fingerprint density at radius 3 is 2.56 bits per heavy atom. The Morgan fingerprint density at radius 1 is 1.44 bits per heavy atom. The summed E-state index contributed by atoms with van der Waals surface area (Å²) in [6, 6.07) is 0. The molecule has 0 saturated heterocycles. The van der Waals surface area contributed by atoms with Crippen LogP contribution in [-0.4, -0.2) is 31.1 Å². The zero-order valence-corrected chi connectivity index (χ0v) is 9.79. The molecule has 1 heterocycles. The summed E-state index contributed by atoms with van der Waals surface area (Å²) in [5.41, 5.74) is 6.97. The van der Waals surface area contributed by atoms with Crippen molar-refractivity contribution in [3.63, 3.8) is 0 Å². The molecule has 3 N–H and O–H groups in total. The highest BCUT2D eigenvalue weighted by Crippen LogP contribution is 2.22. The molecule has 1 aliphatic heterocycles. The van der Waals surface area contributed by atoms with Gasteiger partial charge in [0.1, 0.15) is 6.61 Å². The van der Waals surface area contributed by atoms with E-state index in [0.717, 1.165) is 0 Å². The Bertz CT molecular complexity index is 276. The van der Waals surface area contributed by atoms with E-state index in [4.69, 9.17) is 9.47 Å². The number of hydrogen-bond donors (Lipinski definition) is 3. The second kappa shape index (κ2) is 5.66. The minimum atomic E-state index is -0.887. The molecule has 0 spiro atoms. The van der Waals surface area contributed by atoms with Crippen molar-refractivity contribution in [3.8, 4) is 0 Å². The van der Waals surface area contributed by atoms with Crippen LogP contribution in [-0.2, 0) is 14.3 Å². The van der Waals surface area contributed by atoms with Gasteiger partial charge in [0.15, 0.2) is 11.4 Å². The van der Waals surface area contributed by atoms with Gasteiger partial charge in [-0.2, -0.15) is 0 Å². The molecule has 0 aromatic carbocycles. The standard InChI is InChI=1S/C9H18N4O3/c1-4-9(5-2,8(14)15-3)16-6-7-10-12-13-11-7/h12-13H,4-6H2,1-3H3,(H,10,11). The molecule has 92 valence electrons. The van der Waals surface area contributed by atoms with Crippen molar-refractivity contribution in [2.75, 3.05) is 13.7 Å². The van der Waals surface area contributed by atoms with Gasteiger partial charge >= 0.3 is 5.97 Å². The third-order valence-electron chi connectivity index (χ3n) is 2.64. The number of nitrogens with zero attached hydrogens (tertiary/aromatic N) is 1. The molecular weight excluding hydrogens is 212 g/mol. The highest BCUT2D eigenvalue weighted by Gasteiger charge is 2.37. The van der Waals surface area contributed by atoms with Gasteiger partial charge in [-0.1, -0.05) is 13.8 Å². The highest BCUT2D eigenvalue weighted by atomic mass is 16.6. The first-order valence-corrected chi connectivity index (χ1v) is 5.23. The van der Waals surface area contributed by atoms with Gasteiger partial charge in [0.2, 0.25) is 0 Å². The first kappa shape index (κ1) is 12.7. The van der Waals surface area contributed by atoms with Gasteiger partial charge in [-0.05, 0) is 12.8 Å². The molecule has 0 saturated carbocycles. The maximum Gasteiger partial charge on any atom is 0.338 e. The lowest BCUT2D eigenvalue weighted by Gasteiger charge is -2.28. The van der Waals surface area contributed by atoms with Crippen LogP contribution >= 0.6 is 0 Å². The van der Waals surface area contributed by atoms with E-state index in [9.17, 15) is 4.79 Å². The molecule has 0 fully saturated rings. The molecule has 0 bridgehead atoms. The van der Waals surface area contributed by atoms with Crippen molar-refractivity contribution in [2.24, 2.45) is 5.10 Å². The SMILES string of the molecule is CCC(CC)(OCC1=NNNN1)C(=O)OC. The molecule has 0 aromatic rings. The largest absolute Gasteiger partial charge is 0.467 e. The van der Waals surface area contributed by atoms with Gasteiger partial charge in [-0.3, -0.25) is 5.43 Å². The fourth-order valence-electron chi connectivity index (χ4n) is 1.49. The van der Waals surface area contributed by atoms with Crippen molar-refractivity contribution in [1.82, 2.24) is 16.5 Å². The molecular formula is C9H18N4O3. The van der Waals surface area contributed by atoms with Gasteiger partial charge in [0, 0.05) is 0 Å². The molecule has 0 radical (unpaired) electrons. The Labute approximate surface area is 94.5 Å². The second-order valence-electron chi connectivity index (χ2n) is 3.40. The molecule has 0 unspecified atom stereocenters. The summed E-state index contributed by atoms with van der Waals surface area (Å²) < 4.78 is 10.4. The van der Waals surface area contributed by atoms with Gasteiger partial charge in [-0.25, -0.2) is 10.3 Å².